The highest BCUT2D eigenvalue weighted by Crippen LogP contribution is 2.27. The molecular weight excluding hydrogens is 236 g/mol. The Labute approximate surface area is 111 Å². The third-order valence-corrected chi connectivity index (χ3v) is 3.13. The number of aromatic amines is 1. The minimum Gasteiger partial charge on any atom is -0.497 e. The van der Waals surface area contributed by atoms with Crippen LogP contribution in [0.5, 0.6) is 5.75 Å². The second kappa shape index (κ2) is 4.51. The standard InChI is InChI=1S/C16H12N2O/c1-19-14-4-2-3-12(8-14)16-9-13-6-5-11(10-17)7-15(13)18-16/h2-9,18H,1H3. The zero-order valence-electron chi connectivity index (χ0n) is 10.5. The van der Waals surface area contributed by atoms with Crippen molar-refractivity contribution in [3.05, 3.63) is 54.1 Å². The largest absolute Gasteiger partial charge is 0.497 e. The lowest BCUT2D eigenvalue weighted by Crippen LogP contribution is -1.83. The minimum atomic E-state index is 0.659. The molecule has 0 unspecified atom stereocenters. The van der Waals surface area contributed by atoms with E-state index in [1.165, 1.54) is 0 Å². The van der Waals surface area contributed by atoms with Gasteiger partial charge in [-0.05, 0) is 30.3 Å². The summed E-state index contributed by atoms with van der Waals surface area (Å²) in [4.78, 5) is 3.33. The van der Waals surface area contributed by atoms with Crippen LogP contribution in [0, 0.1) is 11.3 Å². The van der Waals surface area contributed by atoms with Crippen LogP contribution < -0.4 is 4.74 Å². The van der Waals surface area contributed by atoms with E-state index in [2.05, 4.69) is 17.1 Å². The lowest BCUT2D eigenvalue weighted by Gasteiger charge is -2.02. The van der Waals surface area contributed by atoms with E-state index >= 15 is 0 Å². The van der Waals surface area contributed by atoms with Crippen molar-refractivity contribution >= 4 is 10.9 Å². The summed E-state index contributed by atoms with van der Waals surface area (Å²) in [5, 5.41) is 10.0. The molecule has 0 spiro atoms. The summed E-state index contributed by atoms with van der Waals surface area (Å²) in [5.41, 5.74) is 3.71. The van der Waals surface area contributed by atoms with Crippen molar-refractivity contribution in [3.8, 4) is 23.1 Å². The third kappa shape index (κ3) is 2.04. The summed E-state index contributed by atoms with van der Waals surface area (Å²) in [6.45, 7) is 0. The van der Waals surface area contributed by atoms with Gasteiger partial charge in [0.25, 0.3) is 0 Å². The van der Waals surface area contributed by atoms with Crippen LogP contribution in [0.25, 0.3) is 22.2 Å². The zero-order valence-corrected chi connectivity index (χ0v) is 10.5. The lowest BCUT2D eigenvalue weighted by atomic mass is 10.1. The number of benzene rings is 2. The Morgan fingerprint density at radius 3 is 2.79 bits per heavy atom. The highest BCUT2D eigenvalue weighted by atomic mass is 16.5. The zero-order chi connectivity index (χ0) is 13.2. The molecule has 3 rings (SSSR count). The van der Waals surface area contributed by atoms with Crippen molar-refractivity contribution in [2.45, 2.75) is 0 Å². The van der Waals surface area contributed by atoms with Crippen molar-refractivity contribution in [2.24, 2.45) is 0 Å². The lowest BCUT2D eigenvalue weighted by molar-refractivity contribution is 0.415. The number of methoxy groups -OCH3 is 1. The minimum absolute atomic E-state index is 0.659. The van der Waals surface area contributed by atoms with Crippen LogP contribution in [0.15, 0.2) is 48.5 Å². The number of nitrogens with zero attached hydrogens (tertiary/aromatic N) is 1. The Hall–Kier alpha value is -2.73. The molecule has 0 aliphatic heterocycles. The Bertz CT molecular complexity index is 781. The quantitative estimate of drug-likeness (QED) is 0.751. The predicted molar refractivity (Wildman–Crippen MR) is 75.0 cm³/mol. The maximum atomic E-state index is 8.91. The number of ether oxygens (including phenoxy) is 1. The molecule has 0 fully saturated rings. The van der Waals surface area contributed by atoms with Crippen LogP contribution in [0.3, 0.4) is 0 Å². The van der Waals surface area contributed by atoms with E-state index < -0.39 is 0 Å². The van der Waals surface area contributed by atoms with Gasteiger partial charge >= 0.3 is 0 Å². The molecule has 0 aliphatic rings. The molecule has 1 N–H and O–H groups in total. The van der Waals surface area contributed by atoms with E-state index in [1.54, 1.807) is 7.11 Å². The molecule has 0 bridgehead atoms. The number of hydrogen-bond acceptors (Lipinski definition) is 2. The molecule has 19 heavy (non-hydrogen) atoms. The first-order valence-electron chi connectivity index (χ1n) is 5.97. The number of rotatable bonds is 2. The highest BCUT2D eigenvalue weighted by Gasteiger charge is 2.05. The van der Waals surface area contributed by atoms with Gasteiger partial charge in [-0.25, -0.2) is 0 Å². The molecule has 0 aliphatic carbocycles. The number of hydrogen-bond donors (Lipinski definition) is 1. The third-order valence-electron chi connectivity index (χ3n) is 3.13. The fourth-order valence-corrected chi connectivity index (χ4v) is 2.14. The first kappa shape index (κ1) is 11.4. The molecule has 0 atom stereocenters. The van der Waals surface area contributed by atoms with E-state index in [0.717, 1.165) is 27.9 Å². The summed E-state index contributed by atoms with van der Waals surface area (Å²) in [6, 6.07) is 17.7. The molecule has 0 saturated heterocycles. The molecule has 3 heteroatoms. The Morgan fingerprint density at radius 2 is 2.00 bits per heavy atom. The highest BCUT2D eigenvalue weighted by molar-refractivity contribution is 5.86. The molecule has 3 nitrogen and oxygen atoms in total. The second-order valence-corrected chi connectivity index (χ2v) is 4.33. The van der Waals surface area contributed by atoms with Crippen molar-refractivity contribution in [1.82, 2.24) is 4.98 Å². The molecule has 0 radical (unpaired) electrons. The van der Waals surface area contributed by atoms with Crippen LogP contribution in [0.4, 0.5) is 0 Å². The number of aromatic nitrogens is 1. The van der Waals surface area contributed by atoms with Gasteiger partial charge in [0.15, 0.2) is 0 Å². The first-order chi connectivity index (χ1) is 9.30. The molecule has 1 heterocycles. The molecular formula is C16H12N2O. The SMILES string of the molecule is COc1cccc(-c2cc3ccc(C#N)cc3[nH]2)c1. The number of nitriles is 1. The van der Waals surface area contributed by atoms with Gasteiger partial charge in [-0.15, -0.1) is 0 Å². The van der Waals surface area contributed by atoms with E-state index in [1.807, 2.05) is 42.5 Å². The van der Waals surface area contributed by atoms with Gasteiger partial charge in [0.05, 0.1) is 18.7 Å². The van der Waals surface area contributed by atoms with Gasteiger partial charge < -0.3 is 9.72 Å². The van der Waals surface area contributed by atoms with Gasteiger partial charge in [-0.3, -0.25) is 0 Å². The Kier molecular flexibility index (Phi) is 2.70. The van der Waals surface area contributed by atoms with Crippen LogP contribution in [0.1, 0.15) is 5.56 Å². The van der Waals surface area contributed by atoms with Crippen LogP contribution in [0.2, 0.25) is 0 Å². The molecule has 0 amide bonds. The second-order valence-electron chi connectivity index (χ2n) is 4.33. The van der Waals surface area contributed by atoms with E-state index in [9.17, 15) is 0 Å². The maximum Gasteiger partial charge on any atom is 0.119 e. The number of fused-ring (bicyclic) bond motifs is 1. The predicted octanol–water partition coefficient (Wildman–Crippen LogP) is 3.72. The summed E-state index contributed by atoms with van der Waals surface area (Å²) < 4.78 is 5.23. The van der Waals surface area contributed by atoms with Gasteiger partial charge in [-0.1, -0.05) is 18.2 Å². The summed E-state index contributed by atoms with van der Waals surface area (Å²) >= 11 is 0. The van der Waals surface area contributed by atoms with Crippen LogP contribution in [-0.2, 0) is 0 Å². The van der Waals surface area contributed by atoms with E-state index in [0.29, 0.717) is 5.56 Å². The number of H-pyrrole nitrogens is 1. The van der Waals surface area contributed by atoms with Gasteiger partial charge in [0.1, 0.15) is 5.75 Å². The Morgan fingerprint density at radius 1 is 1.11 bits per heavy atom. The summed E-state index contributed by atoms with van der Waals surface area (Å²) in [7, 11) is 1.66. The van der Waals surface area contributed by atoms with Crippen LogP contribution in [-0.4, -0.2) is 12.1 Å². The van der Waals surface area contributed by atoms with Crippen LogP contribution >= 0.6 is 0 Å². The molecule has 92 valence electrons. The fourth-order valence-electron chi connectivity index (χ4n) is 2.14. The normalized spacial score (nSPS) is 10.3. The fraction of sp³-hybridized carbons (Fsp3) is 0.0625. The molecule has 2 aromatic carbocycles. The number of nitrogens with one attached hydrogen (secondary N) is 1. The van der Waals surface area contributed by atoms with E-state index in [4.69, 9.17) is 10.00 Å². The van der Waals surface area contributed by atoms with Crippen molar-refractivity contribution in [2.75, 3.05) is 7.11 Å². The first-order valence-corrected chi connectivity index (χ1v) is 5.97. The monoisotopic (exact) mass is 248 g/mol. The summed E-state index contributed by atoms with van der Waals surface area (Å²) in [6.07, 6.45) is 0. The molecule has 1 aromatic heterocycles. The average molecular weight is 248 g/mol. The van der Waals surface area contributed by atoms with Gasteiger partial charge in [0, 0.05) is 22.2 Å². The topological polar surface area (TPSA) is 48.8 Å². The van der Waals surface area contributed by atoms with Crippen molar-refractivity contribution in [3.63, 3.8) is 0 Å². The Balaban J connectivity index is 2.12. The molecule has 3 aromatic rings. The van der Waals surface area contributed by atoms with Crippen molar-refractivity contribution in [1.29, 1.82) is 5.26 Å². The van der Waals surface area contributed by atoms with Gasteiger partial charge in [-0.2, -0.15) is 5.26 Å². The van der Waals surface area contributed by atoms with Crippen molar-refractivity contribution < 1.29 is 4.74 Å². The van der Waals surface area contributed by atoms with Gasteiger partial charge in [0.2, 0.25) is 0 Å². The van der Waals surface area contributed by atoms with E-state index in [-0.39, 0.29) is 0 Å². The molecule has 0 saturated carbocycles. The maximum absolute atomic E-state index is 8.91. The smallest absolute Gasteiger partial charge is 0.119 e. The summed E-state index contributed by atoms with van der Waals surface area (Å²) in [5.74, 6) is 0.828. The average Bonchev–Trinajstić information content (AvgIpc) is 2.90.